The highest BCUT2D eigenvalue weighted by molar-refractivity contribution is 6.05. The van der Waals surface area contributed by atoms with Crippen LogP contribution in [0, 0.1) is 6.92 Å². The van der Waals surface area contributed by atoms with Crippen molar-refractivity contribution < 1.29 is 9.90 Å². The van der Waals surface area contributed by atoms with Crippen molar-refractivity contribution in [2.24, 2.45) is 5.73 Å². The van der Waals surface area contributed by atoms with Gasteiger partial charge in [0.05, 0.1) is 5.56 Å². The molecule has 0 bridgehead atoms. The molecule has 0 aliphatic carbocycles. The van der Waals surface area contributed by atoms with Crippen LogP contribution in [0.2, 0.25) is 0 Å². The SMILES string of the molecule is CCCn1c(C)c(CCN)c2c(C(=O)O)cccc21. The minimum absolute atomic E-state index is 0.374. The van der Waals surface area contributed by atoms with Crippen molar-refractivity contribution in [1.29, 1.82) is 0 Å². The van der Waals surface area contributed by atoms with Crippen molar-refractivity contribution >= 4 is 16.9 Å². The molecule has 19 heavy (non-hydrogen) atoms. The van der Waals surface area contributed by atoms with Crippen molar-refractivity contribution in [2.75, 3.05) is 6.54 Å². The number of nitrogens with two attached hydrogens (primary N) is 1. The lowest BCUT2D eigenvalue weighted by Gasteiger charge is -2.06. The Labute approximate surface area is 112 Å². The second-order valence-electron chi connectivity index (χ2n) is 4.76. The second-order valence-corrected chi connectivity index (χ2v) is 4.76. The Morgan fingerprint density at radius 3 is 2.74 bits per heavy atom. The summed E-state index contributed by atoms with van der Waals surface area (Å²) in [6.07, 6.45) is 1.73. The van der Waals surface area contributed by atoms with Crippen LogP contribution in [-0.4, -0.2) is 22.2 Å². The maximum absolute atomic E-state index is 11.4. The monoisotopic (exact) mass is 260 g/mol. The molecule has 102 valence electrons. The quantitative estimate of drug-likeness (QED) is 0.868. The van der Waals surface area contributed by atoms with Gasteiger partial charge in [-0.1, -0.05) is 13.0 Å². The lowest BCUT2D eigenvalue weighted by atomic mass is 10.0. The Kier molecular flexibility index (Phi) is 3.90. The zero-order chi connectivity index (χ0) is 14.0. The van der Waals surface area contributed by atoms with E-state index in [0.717, 1.165) is 35.1 Å². The zero-order valence-electron chi connectivity index (χ0n) is 11.4. The van der Waals surface area contributed by atoms with Gasteiger partial charge in [-0.3, -0.25) is 0 Å². The molecule has 2 rings (SSSR count). The number of aromatic carboxylic acids is 1. The van der Waals surface area contributed by atoms with E-state index in [1.54, 1.807) is 6.07 Å². The van der Waals surface area contributed by atoms with Crippen LogP contribution in [0.3, 0.4) is 0 Å². The summed E-state index contributed by atoms with van der Waals surface area (Å²) in [5.41, 5.74) is 9.26. The number of carbonyl (C=O) groups is 1. The van der Waals surface area contributed by atoms with Crippen LogP contribution in [0.5, 0.6) is 0 Å². The van der Waals surface area contributed by atoms with E-state index in [9.17, 15) is 9.90 Å². The zero-order valence-corrected chi connectivity index (χ0v) is 11.4. The van der Waals surface area contributed by atoms with Crippen molar-refractivity contribution in [1.82, 2.24) is 4.57 Å². The van der Waals surface area contributed by atoms with Crippen molar-refractivity contribution in [2.45, 2.75) is 33.2 Å². The molecule has 1 aromatic carbocycles. The van der Waals surface area contributed by atoms with Gasteiger partial charge in [-0.25, -0.2) is 4.79 Å². The van der Waals surface area contributed by atoms with Gasteiger partial charge in [-0.2, -0.15) is 0 Å². The van der Waals surface area contributed by atoms with Crippen LogP contribution in [0.25, 0.3) is 10.9 Å². The van der Waals surface area contributed by atoms with Crippen molar-refractivity contribution in [3.8, 4) is 0 Å². The second kappa shape index (κ2) is 5.45. The lowest BCUT2D eigenvalue weighted by Crippen LogP contribution is -2.05. The minimum Gasteiger partial charge on any atom is -0.478 e. The van der Waals surface area contributed by atoms with Crippen LogP contribution >= 0.6 is 0 Å². The standard InChI is InChI=1S/C15H20N2O2/c1-3-9-17-10(2)11(7-8-16)14-12(15(18)19)5-4-6-13(14)17/h4-6H,3,7-9,16H2,1-2H3,(H,18,19). The molecule has 0 saturated heterocycles. The van der Waals surface area contributed by atoms with E-state index in [-0.39, 0.29) is 0 Å². The third-order valence-corrected chi connectivity index (χ3v) is 3.55. The van der Waals surface area contributed by atoms with Gasteiger partial charge in [0.15, 0.2) is 0 Å². The summed E-state index contributed by atoms with van der Waals surface area (Å²) in [6.45, 7) is 5.59. The predicted octanol–water partition coefficient (Wildman–Crippen LogP) is 2.56. The normalized spacial score (nSPS) is 11.1. The molecule has 1 aromatic heterocycles. The molecule has 0 aliphatic rings. The van der Waals surface area contributed by atoms with Crippen LogP contribution < -0.4 is 5.73 Å². The molecule has 0 radical (unpaired) electrons. The predicted molar refractivity (Wildman–Crippen MR) is 76.7 cm³/mol. The topological polar surface area (TPSA) is 68.2 Å². The van der Waals surface area contributed by atoms with Crippen molar-refractivity contribution in [3.05, 3.63) is 35.0 Å². The van der Waals surface area contributed by atoms with Gasteiger partial charge in [0.1, 0.15) is 0 Å². The van der Waals surface area contributed by atoms with Gasteiger partial charge >= 0.3 is 5.97 Å². The Hall–Kier alpha value is -1.81. The van der Waals surface area contributed by atoms with E-state index in [0.29, 0.717) is 18.5 Å². The van der Waals surface area contributed by atoms with Gasteiger partial charge in [0.2, 0.25) is 0 Å². The van der Waals surface area contributed by atoms with Crippen LogP contribution in [-0.2, 0) is 13.0 Å². The molecule has 1 heterocycles. The number of aryl methyl sites for hydroxylation is 1. The summed E-state index contributed by atoms with van der Waals surface area (Å²) in [6, 6.07) is 5.47. The molecular formula is C15H20N2O2. The molecule has 0 saturated carbocycles. The van der Waals surface area contributed by atoms with Crippen LogP contribution in [0.4, 0.5) is 0 Å². The summed E-state index contributed by atoms with van der Waals surface area (Å²) in [4.78, 5) is 11.4. The molecule has 4 nitrogen and oxygen atoms in total. The van der Waals surface area contributed by atoms with E-state index >= 15 is 0 Å². The third-order valence-electron chi connectivity index (χ3n) is 3.55. The molecule has 4 heteroatoms. The molecule has 0 fully saturated rings. The molecule has 3 N–H and O–H groups in total. The molecule has 0 spiro atoms. The summed E-state index contributed by atoms with van der Waals surface area (Å²) >= 11 is 0. The van der Waals surface area contributed by atoms with Crippen LogP contribution in [0.15, 0.2) is 18.2 Å². The van der Waals surface area contributed by atoms with Crippen molar-refractivity contribution in [3.63, 3.8) is 0 Å². The fourth-order valence-corrected chi connectivity index (χ4v) is 2.75. The number of rotatable bonds is 5. The summed E-state index contributed by atoms with van der Waals surface area (Å²) in [5.74, 6) is -0.877. The molecule has 0 amide bonds. The maximum atomic E-state index is 11.4. The van der Waals surface area contributed by atoms with E-state index in [1.165, 1.54) is 0 Å². The first kappa shape index (κ1) is 13.6. The Morgan fingerprint density at radius 1 is 1.42 bits per heavy atom. The number of hydrogen-bond acceptors (Lipinski definition) is 2. The van der Waals surface area contributed by atoms with E-state index in [4.69, 9.17) is 5.73 Å². The largest absolute Gasteiger partial charge is 0.478 e. The average Bonchev–Trinajstić information content (AvgIpc) is 2.65. The van der Waals surface area contributed by atoms with Gasteiger partial charge in [-0.05, 0) is 44.0 Å². The van der Waals surface area contributed by atoms with Crippen LogP contribution in [0.1, 0.15) is 35.0 Å². The number of carboxylic acid groups (broad SMARTS) is 1. The average molecular weight is 260 g/mol. The summed E-state index contributed by atoms with van der Waals surface area (Å²) in [7, 11) is 0. The fourth-order valence-electron chi connectivity index (χ4n) is 2.75. The maximum Gasteiger partial charge on any atom is 0.336 e. The van der Waals surface area contributed by atoms with E-state index < -0.39 is 5.97 Å². The molecule has 2 aromatic rings. The number of benzene rings is 1. The Balaban J connectivity index is 2.81. The molecular weight excluding hydrogens is 240 g/mol. The first-order chi connectivity index (χ1) is 9.11. The Bertz CT molecular complexity index is 614. The third kappa shape index (κ3) is 2.24. The molecule has 0 unspecified atom stereocenters. The van der Waals surface area contributed by atoms with Gasteiger partial charge < -0.3 is 15.4 Å². The number of nitrogens with zero attached hydrogens (tertiary/aromatic N) is 1. The highest BCUT2D eigenvalue weighted by Gasteiger charge is 2.18. The lowest BCUT2D eigenvalue weighted by molar-refractivity contribution is 0.0699. The molecule has 0 aliphatic heterocycles. The highest BCUT2D eigenvalue weighted by atomic mass is 16.4. The van der Waals surface area contributed by atoms with Gasteiger partial charge in [0.25, 0.3) is 0 Å². The first-order valence-electron chi connectivity index (χ1n) is 6.65. The summed E-state index contributed by atoms with van der Waals surface area (Å²) < 4.78 is 2.20. The number of hydrogen-bond donors (Lipinski definition) is 2. The number of aromatic nitrogens is 1. The fraction of sp³-hybridized carbons (Fsp3) is 0.400. The number of carboxylic acids is 1. The minimum atomic E-state index is -0.877. The summed E-state index contributed by atoms with van der Waals surface area (Å²) in [5, 5.41) is 10.2. The smallest absolute Gasteiger partial charge is 0.336 e. The van der Waals surface area contributed by atoms with E-state index in [1.807, 2.05) is 19.1 Å². The van der Waals surface area contributed by atoms with Gasteiger partial charge in [-0.15, -0.1) is 0 Å². The molecule has 0 atom stereocenters. The van der Waals surface area contributed by atoms with Gasteiger partial charge in [0, 0.05) is 23.1 Å². The first-order valence-corrected chi connectivity index (χ1v) is 6.65. The Morgan fingerprint density at radius 2 is 2.16 bits per heavy atom. The highest BCUT2D eigenvalue weighted by Crippen LogP contribution is 2.29. The van der Waals surface area contributed by atoms with E-state index in [2.05, 4.69) is 11.5 Å². The number of fused-ring (bicyclic) bond motifs is 1.